The number of epoxide rings is 1. The molecule has 0 saturated carbocycles. The molecule has 2 aliphatic heterocycles. The standard InChI is InChI=1S/C23H26N2O3/c1-17-8-11-19(12-9-17)23(22(28-23)16-25(27)14-3-4-15-25)21-7-5-6-20(24-21)13-10-18(2)26/h5-13,22H,3-4,14-16H2,1-2H3/b13-10+. The van der Waals surface area contributed by atoms with Gasteiger partial charge in [-0.05, 0) is 43.7 Å². The molecule has 28 heavy (non-hydrogen) atoms. The minimum atomic E-state index is -0.688. The fourth-order valence-electron chi connectivity index (χ4n) is 4.13. The lowest BCUT2D eigenvalue weighted by Gasteiger charge is -2.38. The van der Waals surface area contributed by atoms with E-state index >= 15 is 0 Å². The van der Waals surface area contributed by atoms with E-state index in [1.165, 1.54) is 18.6 Å². The zero-order chi connectivity index (χ0) is 19.8. The summed E-state index contributed by atoms with van der Waals surface area (Å²) in [5.74, 6) is -0.0205. The fraction of sp³-hybridized carbons (Fsp3) is 0.391. The second-order valence-electron chi connectivity index (χ2n) is 7.99. The molecule has 0 radical (unpaired) electrons. The van der Waals surface area contributed by atoms with E-state index in [0.717, 1.165) is 24.1 Å². The van der Waals surface area contributed by atoms with Gasteiger partial charge in [0.2, 0.25) is 0 Å². The normalized spacial score (nSPS) is 25.9. The summed E-state index contributed by atoms with van der Waals surface area (Å²) < 4.78 is 6.08. The molecule has 1 aromatic heterocycles. The molecule has 0 N–H and O–H groups in total. The molecule has 2 aromatic rings. The average Bonchev–Trinajstić information content (AvgIpc) is 3.22. The second-order valence-corrected chi connectivity index (χ2v) is 7.99. The third-order valence-electron chi connectivity index (χ3n) is 5.72. The molecule has 0 spiro atoms. The van der Waals surface area contributed by atoms with Gasteiger partial charge in [-0.25, -0.2) is 4.98 Å². The summed E-state index contributed by atoms with van der Waals surface area (Å²) in [6, 6.07) is 14.0. The van der Waals surface area contributed by atoms with Gasteiger partial charge in [-0.2, -0.15) is 0 Å². The lowest BCUT2D eigenvalue weighted by Crippen LogP contribution is -2.43. The van der Waals surface area contributed by atoms with Gasteiger partial charge in [0.1, 0.15) is 12.6 Å². The highest BCUT2D eigenvalue weighted by molar-refractivity contribution is 5.91. The molecule has 2 aliphatic rings. The maximum absolute atomic E-state index is 13.0. The van der Waals surface area contributed by atoms with E-state index in [1.807, 2.05) is 18.2 Å². The van der Waals surface area contributed by atoms with Crippen LogP contribution in [0, 0.1) is 12.1 Å². The van der Waals surface area contributed by atoms with Crippen molar-refractivity contribution in [2.75, 3.05) is 19.6 Å². The summed E-state index contributed by atoms with van der Waals surface area (Å²) in [5, 5.41) is 13.0. The van der Waals surface area contributed by atoms with Crippen molar-refractivity contribution < 1.29 is 14.2 Å². The number of nitrogens with zero attached hydrogens (tertiary/aromatic N) is 2. The van der Waals surface area contributed by atoms with Gasteiger partial charge in [0.25, 0.3) is 0 Å². The SMILES string of the molecule is CC(=O)/C=C/c1cccc(C2(c3ccc(C)cc3)OC2C[N+]2([O-])CCCC2)n1. The molecule has 2 atom stereocenters. The summed E-state index contributed by atoms with van der Waals surface area (Å²) in [6.07, 6.45) is 5.01. The van der Waals surface area contributed by atoms with E-state index in [1.54, 1.807) is 6.08 Å². The molecule has 5 nitrogen and oxygen atoms in total. The zero-order valence-corrected chi connectivity index (χ0v) is 16.4. The molecule has 2 saturated heterocycles. The molecule has 2 unspecified atom stereocenters. The Morgan fingerprint density at radius 3 is 2.64 bits per heavy atom. The van der Waals surface area contributed by atoms with E-state index in [9.17, 15) is 10.0 Å². The van der Waals surface area contributed by atoms with Crippen molar-refractivity contribution in [3.8, 4) is 0 Å². The van der Waals surface area contributed by atoms with Gasteiger partial charge in [-0.3, -0.25) is 4.79 Å². The first kappa shape index (κ1) is 19.0. The lowest BCUT2D eigenvalue weighted by atomic mass is 9.90. The molecule has 0 amide bonds. The van der Waals surface area contributed by atoms with Gasteiger partial charge in [-0.15, -0.1) is 0 Å². The van der Waals surface area contributed by atoms with Crippen molar-refractivity contribution >= 4 is 11.9 Å². The van der Waals surface area contributed by atoms with Crippen LogP contribution in [0.3, 0.4) is 0 Å². The first-order valence-electron chi connectivity index (χ1n) is 9.90. The molecule has 3 heterocycles. The third kappa shape index (κ3) is 3.65. The molecule has 0 bridgehead atoms. The van der Waals surface area contributed by atoms with Gasteiger partial charge in [-0.1, -0.05) is 35.9 Å². The summed E-state index contributed by atoms with van der Waals surface area (Å²) in [5.41, 5.74) is 3.01. The minimum absolute atomic E-state index is 0.0205. The predicted molar refractivity (Wildman–Crippen MR) is 108 cm³/mol. The Morgan fingerprint density at radius 2 is 1.96 bits per heavy atom. The molecule has 4 rings (SSSR count). The van der Waals surface area contributed by atoms with Crippen LogP contribution >= 0.6 is 0 Å². The number of hydrogen-bond donors (Lipinski definition) is 0. The molecular weight excluding hydrogens is 352 g/mol. The highest BCUT2D eigenvalue weighted by Crippen LogP contribution is 2.52. The Morgan fingerprint density at radius 1 is 1.25 bits per heavy atom. The number of rotatable bonds is 6. The van der Waals surface area contributed by atoms with Crippen LogP contribution < -0.4 is 0 Å². The topological polar surface area (TPSA) is 65.5 Å². The van der Waals surface area contributed by atoms with E-state index in [-0.39, 0.29) is 16.5 Å². The number of quaternary nitrogens is 1. The van der Waals surface area contributed by atoms with Crippen molar-refractivity contribution in [3.05, 3.63) is 76.3 Å². The summed E-state index contributed by atoms with van der Waals surface area (Å²) in [7, 11) is 0. The van der Waals surface area contributed by atoms with Crippen molar-refractivity contribution in [1.29, 1.82) is 0 Å². The predicted octanol–water partition coefficient (Wildman–Crippen LogP) is 3.74. The summed E-state index contributed by atoms with van der Waals surface area (Å²) in [6.45, 7) is 5.34. The van der Waals surface area contributed by atoms with Crippen LogP contribution in [0.15, 0.2) is 48.5 Å². The number of allylic oxidation sites excluding steroid dienone is 1. The molecule has 2 fully saturated rings. The Labute approximate surface area is 165 Å². The van der Waals surface area contributed by atoms with Crippen LogP contribution in [-0.4, -0.2) is 41.2 Å². The Kier molecular flexibility index (Phi) is 4.91. The summed E-state index contributed by atoms with van der Waals surface area (Å²) in [4.78, 5) is 16.0. The Balaban J connectivity index is 1.70. The van der Waals surface area contributed by atoms with Crippen molar-refractivity contribution in [1.82, 2.24) is 4.98 Å². The van der Waals surface area contributed by atoms with Gasteiger partial charge in [0.15, 0.2) is 11.4 Å². The van der Waals surface area contributed by atoms with Crippen LogP contribution in [-0.2, 0) is 15.1 Å². The number of aromatic nitrogens is 1. The molecular formula is C23H26N2O3. The molecule has 146 valence electrons. The van der Waals surface area contributed by atoms with E-state index < -0.39 is 5.60 Å². The maximum Gasteiger partial charge on any atom is 0.167 e. The summed E-state index contributed by atoms with van der Waals surface area (Å²) >= 11 is 0. The number of hydrogen-bond acceptors (Lipinski definition) is 4. The maximum atomic E-state index is 13.0. The number of aryl methyl sites for hydroxylation is 1. The van der Waals surface area contributed by atoms with Crippen molar-refractivity contribution in [3.63, 3.8) is 0 Å². The van der Waals surface area contributed by atoms with Crippen molar-refractivity contribution in [2.24, 2.45) is 0 Å². The number of ketones is 1. The lowest BCUT2D eigenvalue weighted by molar-refractivity contribution is -0.868. The average molecular weight is 378 g/mol. The number of pyridine rings is 1. The number of carbonyl (C=O) groups is 1. The number of likely N-dealkylation sites (tertiary alicyclic amines) is 1. The number of benzene rings is 1. The number of carbonyl (C=O) groups excluding carboxylic acids is 1. The highest BCUT2D eigenvalue weighted by atomic mass is 16.6. The van der Waals surface area contributed by atoms with E-state index in [4.69, 9.17) is 9.72 Å². The first-order valence-corrected chi connectivity index (χ1v) is 9.90. The van der Waals surface area contributed by atoms with Gasteiger partial charge in [0.05, 0.1) is 24.5 Å². The van der Waals surface area contributed by atoms with E-state index in [0.29, 0.717) is 25.3 Å². The monoisotopic (exact) mass is 378 g/mol. The van der Waals surface area contributed by atoms with Gasteiger partial charge in [0, 0.05) is 12.8 Å². The van der Waals surface area contributed by atoms with Gasteiger partial charge < -0.3 is 14.6 Å². The van der Waals surface area contributed by atoms with E-state index in [2.05, 4.69) is 31.2 Å². The highest BCUT2D eigenvalue weighted by Gasteiger charge is 2.62. The second kappa shape index (κ2) is 7.24. The Bertz CT molecular complexity index is 900. The smallest absolute Gasteiger partial charge is 0.167 e. The number of ether oxygens (including phenoxy) is 1. The van der Waals surface area contributed by atoms with Crippen LogP contribution in [0.4, 0.5) is 0 Å². The number of hydroxylamine groups is 3. The minimum Gasteiger partial charge on any atom is -0.633 e. The quantitative estimate of drug-likeness (QED) is 0.332. The fourth-order valence-corrected chi connectivity index (χ4v) is 4.13. The van der Waals surface area contributed by atoms with Gasteiger partial charge >= 0.3 is 0 Å². The van der Waals surface area contributed by atoms with Crippen LogP contribution in [0.2, 0.25) is 0 Å². The third-order valence-corrected chi connectivity index (χ3v) is 5.72. The Hall–Kier alpha value is -2.34. The molecule has 0 aliphatic carbocycles. The first-order chi connectivity index (χ1) is 13.4. The zero-order valence-electron chi connectivity index (χ0n) is 16.4. The largest absolute Gasteiger partial charge is 0.633 e. The van der Waals surface area contributed by atoms with Crippen LogP contribution in [0.25, 0.3) is 6.08 Å². The van der Waals surface area contributed by atoms with Crippen LogP contribution in [0.1, 0.15) is 42.3 Å². The molecule has 5 heteroatoms. The van der Waals surface area contributed by atoms with Crippen molar-refractivity contribution in [2.45, 2.75) is 38.4 Å². The molecule has 1 aromatic carbocycles. The van der Waals surface area contributed by atoms with Crippen LogP contribution in [0.5, 0.6) is 0 Å².